The summed E-state index contributed by atoms with van der Waals surface area (Å²) in [6.07, 6.45) is 1.58. The van der Waals surface area contributed by atoms with Crippen LogP contribution in [0.5, 0.6) is 0 Å². The molecule has 0 bridgehead atoms. The quantitative estimate of drug-likeness (QED) is 0.458. The molecule has 0 heterocycles. The molecule has 0 aromatic heterocycles. The molecule has 0 aromatic rings. The van der Waals surface area contributed by atoms with E-state index in [-0.39, 0.29) is 17.4 Å². The van der Waals surface area contributed by atoms with Gasteiger partial charge in [-0.3, -0.25) is 0 Å². The molecule has 0 radical (unpaired) electrons. The molecule has 0 aliphatic heterocycles. The van der Waals surface area contributed by atoms with Crippen molar-refractivity contribution in [3.8, 4) is 0 Å². The van der Waals surface area contributed by atoms with Gasteiger partial charge in [-0.2, -0.15) is 0 Å². The van der Waals surface area contributed by atoms with Gasteiger partial charge in [0.2, 0.25) is 0 Å². The highest BCUT2D eigenvalue weighted by atomic mass is 31.1. The molecule has 0 rings (SSSR count). The summed E-state index contributed by atoms with van der Waals surface area (Å²) in [6.45, 7) is 4.48. The summed E-state index contributed by atoms with van der Waals surface area (Å²) in [5.41, 5.74) is 0. The van der Waals surface area contributed by atoms with Gasteiger partial charge in [0.05, 0.1) is 0 Å². The fraction of sp³-hybridized carbons (Fsp3) is 1.00. The summed E-state index contributed by atoms with van der Waals surface area (Å²) in [6, 6.07) is 0. The highest BCUT2D eigenvalue weighted by Crippen LogP contribution is 2.20. The number of hydrogen-bond donors (Lipinski definition) is 0. The molecular weight excluding hydrogens is 150 g/mol. The topological polar surface area (TPSA) is 26.3 Å². The third kappa shape index (κ3) is 8.59. The molecule has 2 nitrogen and oxygen atoms in total. The Bertz CT molecular complexity index is 77.4. The van der Waals surface area contributed by atoms with Crippen LogP contribution in [-0.4, -0.2) is 30.1 Å². The summed E-state index contributed by atoms with van der Waals surface area (Å²) in [5.74, 6) is 0. The lowest BCUT2D eigenvalue weighted by atomic mass is 10.5. The van der Waals surface area contributed by atoms with Crippen LogP contribution in [0.3, 0.4) is 0 Å². The fourth-order valence-electron chi connectivity index (χ4n) is 0.284. The Labute approximate surface area is 68.0 Å². The summed E-state index contributed by atoms with van der Waals surface area (Å²) in [7, 11) is -1.33. The second-order valence-corrected chi connectivity index (χ2v) is 3.04. The molecule has 0 aliphatic rings. The maximum atomic E-state index is 10.5. The van der Waals surface area contributed by atoms with E-state index in [1.807, 2.05) is 13.8 Å². The minimum atomic E-state index is -1.33. The average Bonchev–Trinajstić information content (AvgIpc) is 1.83. The van der Waals surface area contributed by atoms with Gasteiger partial charge in [0.15, 0.2) is 23.5 Å². The van der Waals surface area contributed by atoms with Crippen molar-refractivity contribution in [2.24, 2.45) is 0 Å². The molecule has 4 heteroatoms. The van der Waals surface area contributed by atoms with E-state index >= 15 is 0 Å². The molecule has 0 saturated heterocycles. The molecular formula is C5H15AlO2P+. The van der Waals surface area contributed by atoms with E-state index in [0.717, 1.165) is 6.42 Å². The van der Waals surface area contributed by atoms with Crippen LogP contribution in [0.2, 0.25) is 0 Å². The maximum Gasteiger partial charge on any atom is 0.507 e. The van der Waals surface area contributed by atoms with Crippen molar-refractivity contribution in [3.63, 3.8) is 0 Å². The first-order valence-corrected chi connectivity index (χ1v) is 4.25. The minimum Gasteiger partial charge on any atom is -0.146 e. The van der Waals surface area contributed by atoms with E-state index in [0.29, 0.717) is 12.8 Å². The Balaban J connectivity index is 0. The summed E-state index contributed by atoms with van der Waals surface area (Å²) in [4.78, 5) is 0. The second kappa shape index (κ2) is 8.59. The van der Waals surface area contributed by atoms with Gasteiger partial charge in [0, 0.05) is 0 Å². The van der Waals surface area contributed by atoms with Crippen LogP contribution in [-0.2, 0) is 9.09 Å². The molecule has 0 N–H and O–H groups in total. The van der Waals surface area contributed by atoms with Crippen molar-refractivity contribution in [2.75, 3.05) is 12.8 Å². The Morgan fingerprint density at radius 3 is 2.33 bits per heavy atom. The molecule has 54 valence electrons. The lowest BCUT2D eigenvalue weighted by Gasteiger charge is -1.81. The molecule has 1 atom stereocenters. The highest BCUT2D eigenvalue weighted by molar-refractivity contribution is 7.39. The zero-order valence-corrected chi connectivity index (χ0v) is 6.28. The predicted molar refractivity (Wildman–Crippen MR) is 44.3 cm³/mol. The van der Waals surface area contributed by atoms with Gasteiger partial charge in [0.25, 0.3) is 0 Å². The van der Waals surface area contributed by atoms with Crippen LogP contribution in [0.1, 0.15) is 20.3 Å². The first-order valence-electron chi connectivity index (χ1n) is 2.88. The largest absolute Gasteiger partial charge is 0.507 e. The lowest BCUT2D eigenvalue weighted by Crippen LogP contribution is -1.82. The van der Waals surface area contributed by atoms with Gasteiger partial charge < -0.3 is 0 Å². The van der Waals surface area contributed by atoms with E-state index in [1.165, 1.54) is 0 Å². The smallest absolute Gasteiger partial charge is 0.146 e. The first-order chi connectivity index (χ1) is 3.81. The molecule has 0 amide bonds. The number of hydrogen-bond acceptors (Lipinski definition) is 2. The maximum absolute atomic E-state index is 10.5. The first kappa shape index (κ1) is 12.3. The molecule has 9 heavy (non-hydrogen) atoms. The van der Waals surface area contributed by atoms with E-state index in [9.17, 15) is 4.57 Å². The van der Waals surface area contributed by atoms with Crippen LogP contribution in [0, 0.1) is 0 Å². The Morgan fingerprint density at radius 1 is 1.44 bits per heavy atom. The predicted octanol–water partition coefficient (Wildman–Crippen LogP) is 0.991. The highest BCUT2D eigenvalue weighted by Gasteiger charge is 2.10. The van der Waals surface area contributed by atoms with Crippen molar-refractivity contribution >= 4 is 25.4 Å². The zero-order valence-electron chi connectivity index (χ0n) is 5.39. The van der Waals surface area contributed by atoms with Crippen molar-refractivity contribution in [2.45, 2.75) is 20.3 Å². The van der Waals surface area contributed by atoms with Crippen LogP contribution in [0.25, 0.3) is 0 Å². The fourth-order valence-corrected chi connectivity index (χ4v) is 0.853. The third-order valence-electron chi connectivity index (χ3n) is 0.698. The van der Waals surface area contributed by atoms with Crippen LogP contribution in [0.15, 0.2) is 0 Å². The van der Waals surface area contributed by atoms with E-state index < -0.39 is 8.03 Å². The van der Waals surface area contributed by atoms with Gasteiger partial charge in [-0.15, -0.1) is 4.52 Å². The average molecular weight is 165 g/mol. The normalized spacial score (nSPS) is 10.2. The van der Waals surface area contributed by atoms with Gasteiger partial charge in [0.1, 0.15) is 6.61 Å². The van der Waals surface area contributed by atoms with Crippen LogP contribution < -0.4 is 0 Å². The zero-order chi connectivity index (χ0) is 6.41. The van der Waals surface area contributed by atoms with Crippen molar-refractivity contribution in [1.82, 2.24) is 0 Å². The van der Waals surface area contributed by atoms with Crippen LogP contribution in [0.4, 0.5) is 0 Å². The van der Waals surface area contributed by atoms with E-state index in [1.54, 1.807) is 0 Å². The minimum absolute atomic E-state index is 0. The van der Waals surface area contributed by atoms with E-state index in [2.05, 4.69) is 0 Å². The van der Waals surface area contributed by atoms with Crippen molar-refractivity contribution < 1.29 is 9.09 Å². The third-order valence-corrected chi connectivity index (χ3v) is 1.68. The van der Waals surface area contributed by atoms with Gasteiger partial charge in [-0.05, 0) is 17.9 Å². The summed E-state index contributed by atoms with van der Waals surface area (Å²) in [5, 5.41) is 0. The molecule has 0 aromatic carbocycles. The Morgan fingerprint density at radius 2 is 2.00 bits per heavy atom. The Kier molecular flexibility index (Phi) is 11.7. The summed E-state index contributed by atoms with van der Waals surface area (Å²) < 4.78 is 15.3. The Hall–Kier alpha value is 0.592. The van der Waals surface area contributed by atoms with Gasteiger partial charge >= 0.3 is 8.03 Å². The molecule has 0 saturated carbocycles. The monoisotopic (exact) mass is 165 g/mol. The van der Waals surface area contributed by atoms with Crippen molar-refractivity contribution in [3.05, 3.63) is 0 Å². The second-order valence-electron chi connectivity index (χ2n) is 1.48. The summed E-state index contributed by atoms with van der Waals surface area (Å²) >= 11 is 0. The number of rotatable bonds is 4. The SMILES string of the molecule is CCCO[P+](=O)CC.[AlH3]. The standard InChI is InChI=1S/C5H12O2P.Al.3H/c1-3-5-7-8(6)4-2;;;;/h3-5H2,1-2H3;;;;/q+1;;;;. The molecule has 0 aliphatic carbocycles. The van der Waals surface area contributed by atoms with Gasteiger partial charge in [-0.25, -0.2) is 0 Å². The van der Waals surface area contributed by atoms with Crippen molar-refractivity contribution in [1.29, 1.82) is 0 Å². The molecule has 1 unspecified atom stereocenters. The molecule has 0 fully saturated rings. The lowest BCUT2D eigenvalue weighted by molar-refractivity contribution is 0.329. The van der Waals surface area contributed by atoms with Gasteiger partial charge in [-0.1, -0.05) is 6.92 Å². The van der Waals surface area contributed by atoms with E-state index in [4.69, 9.17) is 4.52 Å². The molecule has 0 spiro atoms. The van der Waals surface area contributed by atoms with Crippen LogP contribution >= 0.6 is 8.03 Å².